The van der Waals surface area contributed by atoms with Gasteiger partial charge in [0.15, 0.2) is 0 Å². The zero-order valence-corrected chi connectivity index (χ0v) is 11.4. The molecule has 2 N–H and O–H groups in total. The predicted octanol–water partition coefficient (Wildman–Crippen LogP) is 0.630. The number of carbonyl (C=O) groups excluding carboxylic acids is 1. The van der Waals surface area contributed by atoms with Gasteiger partial charge in [-0.25, -0.2) is 0 Å². The first-order chi connectivity index (χ1) is 8.62. The molecule has 0 spiro atoms. The molecule has 0 radical (unpaired) electrons. The van der Waals surface area contributed by atoms with E-state index in [1.807, 2.05) is 27.8 Å². The molecule has 0 fully saturated rings. The van der Waals surface area contributed by atoms with Crippen LogP contribution in [0, 0.1) is 0 Å². The second-order valence-corrected chi connectivity index (χ2v) is 3.88. The lowest BCUT2D eigenvalue weighted by Crippen LogP contribution is -2.35. The Morgan fingerprint density at radius 2 is 2.06 bits per heavy atom. The lowest BCUT2D eigenvalue weighted by molar-refractivity contribution is -0.128. The van der Waals surface area contributed by atoms with Crippen molar-refractivity contribution in [1.82, 2.24) is 20.4 Å². The first-order valence-electron chi connectivity index (χ1n) is 6.14. The van der Waals surface area contributed by atoms with Gasteiger partial charge in [0.25, 0.3) is 0 Å². The highest BCUT2D eigenvalue weighted by Crippen LogP contribution is 2.12. The fourth-order valence-corrected chi connectivity index (χ4v) is 1.44. The van der Waals surface area contributed by atoms with Gasteiger partial charge in [0.1, 0.15) is 0 Å². The molecular weight excluding hydrogens is 234 g/mol. The molecule has 1 atom stereocenters. The summed E-state index contributed by atoms with van der Waals surface area (Å²) in [7, 11) is 1.81. The van der Waals surface area contributed by atoms with Gasteiger partial charge in [-0.3, -0.25) is 4.79 Å². The molecule has 0 aliphatic carbocycles. The minimum Gasteiger partial charge on any atom is -0.406 e. The van der Waals surface area contributed by atoms with E-state index in [1.54, 1.807) is 4.90 Å². The first-order valence-corrected chi connectivity index (χ1v) is 6.14. The molecule has 7 nitrogen and oxygen atoms in total. The average molecular weight is 255 g/mol. The molecule has 1 amide bonds. The van der Waals surface area contributed by atoms with Crippen molar-refractivity contribution in [2.45, 2.75) is 26.8 Å². The Bertz CT molecular complexity index is 375. The molecule has 0 saturated carbocycles. The second-order valence-electron chi connectivity index (χ2n) is 3.88. The molecular formula is C11H21N5O2. The van der Waals surface area contributed by atoms with Crippen molar-refractivity contribution in [3.05, 3.63) is 5.89 Å². The van der Waals surface area contributed by atoms with E-state index in [4.69, 9.17) is 4.42 Å². The van der Waals surface area contributed by atoms with E-state index in [9.17, 15) is 4.79 Å². The van der Waals surface area contributed by atoms with Crippen LogP contribution in [0.15, 0.2) is 4.42 Å². The Balaban J connectivity index is 2.48. The number of anilines is 1. The molecule has 1 aromatic heterocycles. The van der Waals surface area contributed by atoms with E-state index in [1.165, 1.54) is 0 Å². The van der Waals surface area contributed by atoms with Gasteiger partial charge in [-0.1, -0.05) is 5.10 Å². The SMILES string of the molecule is CCN(CC)C(=O)CNc1nnc(C(C)NC)o1. The van der Waals surface area contributed by atoms with Crippen molar-refractivity contribution < 1.29 is 9.21 Å². The van der Waals surface area contributed by atoms with E-state index in [-0.39, 0.29) is 24.5 Å². The topological polar surface area (TPSA) is 83.3 Å². The number of nitrogens with zero attached hydrogens (tertiary/aromatic N) is 3. The number of amides is 1. The number of carbonyl (C=O) groups is 1. The van der Waals surface area contributed by atoms with Crippen molar-refractivity contribution >= 4 is 11.9 Å². The second kappa shape index (κ2) is 6.95. The van der Waals surface area contributed by atoms with Crippen LogP contribution in [0.1, 0.15) is 32.7 Å². The third-order valence-electron chi connectivity index (χ3n) is 2.75. The Morgan fingerprint density at radius 1 is 1.39 bits per heavy atom. The number of likely N-dealkylation sites (N-methyl/N-ethyl adjacent to an activating group) is 1. The summed E-state index contributed by atoms with van der Waals surface area (Å²) in [5.74, 6) is 0.511. The summed E-state index contributed by atoms with van der Waals surface area (Å²) in [6.45, 7) is 7.36. The Kier molecular flexibility index (Phi) is 5.57. The van der Waals surface area contributed by atoms with Gasteiger partial charge < -0.3 is 20.0 Å². The van der Waals surface area contributed by atoms with Crippen LogP contribution in [0.3, 0.4) is 0 Å². The Labute approximate surface area is 107 Å². The van der Waals surface area contributed by atoms with Crippen LogP contribution in [-0.2, 0) is 4.79 Å². The number of rotatable bonds is 7. The van der Waals surface area contributed by atoms with Gasteiger partial charge in [-0.15, -0.1) is 5.10 Å². The number of nitrogens with one attached hydrogen (secondary N) is 2. The van der Waals surface area contributed by atoms with Crippen LogP contribution in [0.2, 0.25) is 0 Å². The zero-order valence-electron chi connectivity index (χ0n) is 11.4. The monoisotopic (exact) mass is 255 g/mol. The van der Waals surface area contributed by atoms with Gasteiger partial charge in [-0.05, 0) is 27.8 Å². The van der Waals surface area contributed by atoms with Crippen molar-refractivity contribution in [1.29, 1.82) is 0 Å². The summed E-state index contributed by atoms with van der Waals surface area (Å²) >= 11 is 0. The summed E-state index contributed by atoms with van der Waals surface area (Å²) in [4.78, 5) is 13.5. The maximum Gasteiger partial charge on any atom is 0.315 e. The van der Waals surface area contributed by atoms with Crippen molar-refractivity contribution in [2.75, 3.05) is 32.0 Å². The normalized spacial score (nSPS) is 12.2. The minimum atomic E-state index is -0.00784. The number of hydrogen-bond acceptors (Lipinski definition) is 6. The summed E-state index contributed by atoms with van der Waals surface area (Å²) < 4.78 is 5.37. The summed E-state index contributed by atoms with van der Waals surface area (Å²) in [6, 6.07) is 0.263. The van der Waals surface area contributed by atoms with Crippen molar-refractivity contribution in [3.63, 3.8) is 0 Å². The van der Waals surface area contributed by atoms with Gasteiger partial charge in [0.05, 0.1) is 12.6 Å². The molecule has 0 aromatic carbocycles. The lowest BCUT2D eigenvalue weighted by atomic mass is 10.3. The third-order valence-corrected chi connectivity index (χ3v) is 2.75. The van der Waals surface area contributed by atoms with Gasteiger partial charge in [0, 0.05) is 13.1 Å². The van der Waals surface area contributed by atoms with E-state index in [0.717, 1.165) is 0 Å². The fraction of sp³-hybridized carbons (Fsp3) is 0.727. The smallest absolute Gasteiger partial charge is 0.315 e. The molecule has 0 aliphatic rings. The van der Waals surface area contributed by atoms with E-state index < -0.39 is 0 Å². The molecule has 0 saturated heterocycles. The maximum atomic E-state index is 11.7. The van der Waals surface area contributed by atoms with Gasteiger partial charge in [0.2, 0.25) is 11.8 Å². The van der Waals surface area contributed by atoms with E-state index >= 15 is 0 Å². The van der Waals surface area contributed by atoms with E-state index in [0.29, 0.717) is 19.0 Å². The number of aromatic nitrogens is 2. The minimum absolute atomic E-state index is 0.00784. The van der Waals surface area contributed by atoms with Crippen LogP contribution in [-0.4, -0.2) is 47.7 Å². The fourth-order valence-electron chi connectivity index (χ4n) is 1.44. The predicted molar refractivity (Wildman–Crippen MR) is 68.2 cm³/mol. The Hall–Kier alpha value is -1.63. The molecule has 0 aliphatic heterocycles. The van der Waals surface area contributed by atoms with Crippen molar-refractivity contribution in [2.24, 2.45) is 0 Å². The molecule has 7 heteroatoms. The molecule has 102 valence electrons. The molecule has 1 unspecified atom stereocenters. The van der Waals surface area contributed by atoms with Crippen LogP contribution >= 0.6 is 0 Å². The highest BCUT2D eigenvalue weighted by molar-refractivity contribution is 5.80. The standard InChI is InChI=1S/C11H21N5O2/c1-5-16(6-2)9(17)7-13-11-15-14-10(18-11)8(3)12-4/h8,12H,5-7H2,1-4H3,(H,13,15). The molecule has 18 heavy (non-hydrogen) atoms. The molecule has 1 rings (SSSR count). The molecule has 0 bridgehead atoms. The maximum absolute atomic E-state index is 11.7. The largest absolute Gasteiger partial charge is 0.406 e. The van der Waals surface area contributed by atoms with Gasteiger partial charge >= 0.3 is 6.01 Å². The Morgan fingerprint density at radius 3 is 2.61 bits per heavy atom. The average Bonchev–Trinajstić information content (AvgIpc) is 2.85. The lowest BCUT2D eigenvalue weighted by Gasteiger charge is -2.18. The highest BCUT2D eigenvalue weighted by Gasteiger charge is 2.14. The highest BCUT2D eigenvalue weighted by atomic mass is 16.4. The van der Waals surface area contributed by atoms with Crippen LogP contribution in [0.4, 0.5) is 6.01 Å². The van der Waals surface area contributed by atoms with Crippen molar-refractivity contribution in [3.8, 4) is 0 Å². The van der Waals surface area contributed by atoms with Crippen LogP contribution in [0.5, 0.6) is 0 Å². The quantitative estimate of drug-likeness (QED) is 0.743. The molecule has 1 heterocycles. The third kappa shape index (κ3) is 3.69. The van der Waals surface area contributed by atoms with Gasteiger partial charge in [-0.2, -0.15) is 0 Å². The number of hydrogen-bond donors (Lipinski definition) is 2. The summed E-state index contributed by atoms with van der Waals surface area (Å²) in [6.07, 6.45) is 0. The zero-order chi connectivity index (χ0) is 13.5. The summed E-state index contributed by atoms with van der Waals surface area (Å²) in [5, 5.41) is 13.5. The molecule has 1 aromatic rings. The first kappa shape index (κ1) is 14.4. The van der Waals surface area contributed by atoms with E-state index in [2.05, 4.69) is 20.8 Å². The van der Waals surface area contributed by atoms with Crippen LogP contribution < -0.4 is 10.6 Å². The van der Waals surface area contributed by atoms with Crippen LogP contribution in [0.25, 0.3) is 0 Å². The summed E-state index contributed by atoms with van der Waals surface area (Å²) in [5.41, 5.74) is 0.